The number of thiophene rings is 1. The molecule has 0 spiro atoms. The molecule has 0 bridgehead atoms. The number of aliphatic hydroxyl groups is 1. The van der Waals surface area contributed by atoms with Crippen molar-refractivity contribution >= 4 is 23.1 Å². The van der Waals surface area contributed by atoms with E-state index >= 15 is 0 Å². The van der Waals surface area contributed by atoms with Crippen LogP contribution in [0.3, 0.4) is 0 Å². The Hall–Kier alpha value is -2.51. The second kappa shape index (κ2) is 7.37. The first-order valence-electron chi connectivity index (χ1n) is 7.42. The Kier molecular flexibility index (Phi) is 5.02. The Morgan fingerprint density at radius 2 is 2.08 bits per heavy atom. The van der Waals surface area contributed by atoms with Gasteiger partial charge in [-0.2, -0.15) is 5.10 Å². The van der Waals surface area contributed by atoms with Crippen LogP contribution in [0.1, 0.15) is 5.56 Å². The van der Waals surface area contributed by atoms with Crippen molar-refractivity contribution in [3.05, 3.63) is 59.2 Å². The predicted octanol–water partition coefficient (Wildman–Crippen LogP) is 2.92. The molecule has 0 fully saturated rings. The first kappa shape index (κ1) is 16.4. The van der Waals surface area contributed by atoms with Gasteiger partial charge in [-0.1, -0.05) is 18.2 Å². The number of carbonyl (C=O) groups is 1. The average Bonchev–Trinajstić information content (AvgIpc) is 3.20. The van der Waals surface area contributed by atoms with Gasteiger partial charge < -0.3 is 10.4 Å². The molecule has 0 radical (unpaired) electrons. The molecule has 3 aromatic rings. The summed E-state index contributed by atoms with van der Waals surface area (Å²) in [5.41, 5.74) is 1.47. The summed E-state index contributed by atoms with van der Waals surface area (Å²) in [6, 6.07) is 11.5. The molecule has 3 rings (SSSR count). The van der Waals surface area contributed by atoms with E-state index in [4.69, 9.17) is 0 Å². The summed E-state index contributed by atoms with van der Waals surface area (Å²) >= 11 is 1.55. The molecule has 0 aliphatic rings. The lowest BCUT2D eigenvalue weighted by molar-refractivity contribution is -0.115. The number of carbonyl (C=O) groups excluding carboxylic acids is 1. The van der Waals surface area contributed by atoms with Crippen molar-refractivity contribution in [3.8, 4) is 10.6 Å². The van der Waals surface area contributed by atoms with E-state index in [1.807, 2.05) is 17.5 Å². The third kappa shape index (κ3) is 3.87. The van der Waals surface area contributed by atoms with Crippen LogP contribution in [0.15, 0.2) is 47.8 Å². The van der Waals surface area contributed by atoms with Gasteiger partial charge in [0.1, 0.15) is 17.3 Å². The van der Waals surface area contributed by atoms with Gasteiger partial charge in [0.25, 0.3) is 0 Å². The van der Waals surface area contributed by atoms with Crippen LogP contribution < -0.4 is 5.32 Å². The maximum Gasteiger partial charge on any atom is 0.229 e. The molecule has 0 saturated carbocycles. The van der Waals surface area contributed by atoms with Crippen LogP contribution >= 0.6 is 11.3 Å². The second-order valence-corrected chi connectivity index (χ2v) is 6.14. The SMILES string of the molecule is O=C(Cc1ccc(F)cc1)Nc1cc(-c2cccs2)nn1CCO. The fraction of sp³-hybridized carbons (Fsp3) is 0.176. The van der Waals surface area contributed by atoms with Crippen LogP contribution in [-0.2, 0) is 17.8 Å². The standard InChI is InChI=1S/C17H16FN3O2S/c18-13-5-3-12(4-6-13)10-17(23)19-16-11-14(15-2-1-9-24-15)20-21(16)7-8-22/h1-6,9,11,22H,7-8,10H2,(H,19,23). The van der Waals surface area contributed by atoms with Gasteiger partial charge in [0, 0.05) is 6.07 Å². The monoisotopic (exact) mass is 345 g/mol. The van der Waals surface area contributed by atoms with E-state index in [2.05, 4.69) is 10.4 Å². The zero-order chi connectivity index (χ0) is 16.9. The Morgan fingerprint density at radius 1 is 1.29 bits per heavy atom. The highest BCUT2D eigenvalue weighted by molar-refractivity contribution is 7.13. The molecule has 1 amide bonds. The minimum absolute atomic E-state index is 0.0770. The van der Waals surface area contributed by atoms with Crippen molar-refractivity contribution in [1.29, 1.82) is 0 Å². The number of hydrogen-bond donors (Lipinski definition) is 2. The summed E-state index contributed by atoms with van der Waals surface area (Å²) in [6.45, 7) is 0.212. The van der Waals surface area contributed by atoms with E-state index in [1.54, 1.807) is 34.2 Å². The number of benzene rings is 1. The molecule has 1 aromatic carbocycles. The van der Waals surface area contributed by atoms with Gasteiger partial charge >= 0.3 is 0 Å². The van der Waals surface area contributed by atoms with E-state index in [-0.39, 0.29) is 31.3 Å². The number of halogens is 1. The molecule has 2 heterocycles. The highest BCUT2D eigenvalue weighted by atomic mass is 32.1. The molecule has 0 atom stereocenters. The fourth-order valence-corrected chi connectivity index (χ4v) is 2.98. The zero-order valence-corrected chi connectivity index (χ0v) is 13.6. The fourth-order valence-electron chi connectivity index (χ4n) is 2.30. The van der Waals surface area contributed by atoms with Gasteiger partial charge in [-0.3, -0.25) is 4.79 Å². The first-order valence-corrected chi connectivity index (χ1v) is 8.30. The molecule has 0 aliphatic heterocycles. The zero-order valence-electron chi connectivity index (χ0n) is 12.8. The Labute approximate surface area is 142 Å². The maximum atomic E-state index is 12.9. The summed E-state index contributed by atoms with van der Waals surface area (Å²) < 4.78 is 14.5. The van der Waals surface area contributed by atoms with Crippen LogP contribution in [-0.4, -0.2) is 27.4 Å². The van der Waals surface area contributed by atoms with Crippen LogP contribution in [0.5, 0.6) is 0 Å². The maximum absolute atomic E-state index is 12.9. The summed E-state index contributed by atoms with van der Waals surface area (Å²) in [6.07, 6.45) is 0.138. The van der Waals surface area contributed by atoms with E-state index < -0.39 is 0 Å². The van der Waals surface area contributed by atoms with Gasteiger partial charge in [0.15, 0.2) is 0 Å². The predicted molar refractivity (Wildman–Crippen MR) is 91.4 cm³/mol. The Morgan fingerprint density at radius 3 is 2.75 bits per heavy atom. The van der Waals surface area contributed by atoms with Crippen LogP contribution in [0.4, 0.5) is 10.2 Å². The molecule has 2 N–H and O–H groups in total. The normalized spacial score (nSPS) is 10.8. The van der Waals surface area contributed by atoms with Gasteiger partial charge in [-0.25, -0.2) is 9.07 Å². The van der Waals surface area contributed by atoms with E-state index in [0.717, 1.165) is 16.1 Å². The van der Waals surface area contributed by atoms with E-state index in [1.165, 1.54) is 12.1 Å². The van der Waals surface area contributed by atoms with Crippen molar-refractivity contribution in [2.24, 2.45) is 0 Å². The van der Waals surface area contributed by atoms with Gasteiger partial charge in [0.05, 0.1) is 24.4 Å². The second-order valence-electron chi connectivity index (χ2n) is 5.19. The lowest BCUT2D eigenvalue weighted by Crippen LogP contribution is -2.18. The third-order valence-corrected chi connectivity index (χ3v) is 4.30. The van der Waals surface area contributed by atoms with E-state index in [9.17, 15) is 14.3 Å². The summed E-state index contributed by atoms with van der Waals surface area (Å²) in [5, 5.41) is 18.3. The molecule has 0 saturated heterocycles. The Balaban J connectivity index is 1.75. The quantitative estimate of drug-likeness (QED) is 0.722. The number of anilines is 1. The number of aliphatic hydroxyl groups excluding tert-OH is 1. The van der Waals surface area contributed by atoms with Crippen LogP contribution in [0, 0.1) is 5.82 Å². The largest absolute Gasteiger partial charge is 0.394 e. The number of hydrogen-bond acceptors (Lipinski definition) is 4. The molecule has 0 unspecified atom stereocenters. The molecular formula is C17H16FN3O2S. The molecule has 2 aromatic heterocycles. The molecule has 124 valence electrons. The van der Waals surface area contributed by atoms with Gasteiger partial charge in [0.2, 0.25) is 5.91 Å². The highest BCUT2D eigenvalue weighted by Gasteiger charge is 2.13. The molecule has 5 nitrogen and oxygen atoms in total. The number of amides is 1. The van der Waals surface area contributed by atoms with Gasteiger partial charge in [-0.15, -0.1) is 11.3 Å². The topological polar surface area (TPSA) is 67.2 Å². The molecule has 7 heteroatoms. The van der Waals surface area contributed by atoms with E-state index in [0.29, 0.717) is 5.82 Å². The first-order chi connectivity index (χ1) is 11.7. The number of nitrogens with one attached hydrogen (secondary N) is 1. The lowest BCUT2D eigenvalue weighted by Gasteiger charge is -2.07. The summed E-state index contributed by atoms with van der Waals surface area (Å²) in [4.78, 5) is 13.2. The van der Waals surface area contributed by atoms with Crippen LogP contribution in [0.25, 0.3) is 10.6 Å². The minimum atomic E-state index is -0.333. The Bertz CT molecular complexity index is 813. The van der Waals surface area contributed by atoms with Crippen LogP contribution in [0.2, 0.25) is 0 Å². The smallest absolute Gasteiger partial charge is 0.229 e. The molecule has 24 heavy (non-hydrogen) atoms. The summed E-state index contributed by atoms with van der Waals surface area (Å²) in [5.74, 6) is -0.0289. The summed E-state index contributed by atoms with van der Waals surface area (Å²) in [7, 11) is 0. The number of aromatic nitrogens is 2. The number of nitrogens with zero attached hydrogens (tertiary/aromatic N) is 2. The highest BCUT2D eigenvalue weighted by Crippen LogP contribution is 2.26. The number of rotatable bonds is 6. The van der Waals surface area contributed by atoms with Crippen molar-refractivity contribution in [2.75, 3.05) is 11.9 Å². The minimum Gasteiger partial charge on any atom is -0.394 e. The van der Waals surface area contributed by atoms with Crippen molar-refractivity contribution in [1.82, 2.24) is 9.78 Å². The van der Waals surface area contributed by atoms with Crippen molar-refractivity contribution in [3.63, 3.8) is 0 Å². The van der Waals surface area contributed by atoms with Crippen molar-refractivity contribution < 1.29 is 14.3 Å². The molecular weight excluding hydrogens is 329 g/mol. The van der Waals surface area contributed by atoms with Gasteiger partial charge in [-0.05, 0) is 29.1 Å². The third-order valence-electron chi connectivity index (χ3n) is 3.41. The van der Waals surface area contributed by atoms with Crippen molar-refractivity contribution in [2.45, 2.75) is 13.0 Å². The molecule has 0 aliphatic carbocycles. The average molecular weight is 345 g/mol. The lowest BCUT2D eigenvalue weighted by atomic mass is 10.1.